The van der Waals surface area contributed by atoms with Gasteiger partial charge in [0.05, 0.1) is 25.0 Å². The van der Waals surface area contributed by atoms with Gasteiger partial charge >= 0.3 is 5.97 Å². The van der Waals surface area contributed by atoms with E-state index >= 15 is 0 Å². The SMILES string of the molecule is COC(=O)/C(C)=C/OC1CCCCC1. The summed E-state index contributed by atoms with van der Waals surface area (Å²) in [6, 6.07) is 0. The van der Waals surface area contributed by atoms with E-state index in [1.54, 1.807) is 6.92 Å². The lowest BCUT2D eigenvalue weighted by Gasteiger charge is -2.21. The molecule has 3 heteroatoms. The Hall–Kier alpha value is -0.990. The Balaban J connectivity index is 2.33. The molecule has 0 radical (unpaired) electrons. The van der Waals surface area contributed by atoms with Crippen molar-refractivity contribution in [3.63, 3.8) is 0 Å². The molecule has 14 heavy (non-hydrogen) atoms. The van der Waals surface area contributed by atoms with Crippen LogP contribution in [0, 0.1) is 0 Å². The highest BCUT2D eigenvalue weighted by atomic mass is 16.5. The lowest BCUT2D eigenvalue weighted by Crippen LogP contribution is -2.14. The van der Waals surface area contributed by atoms with E-state index in [-0.39, 0.29) is 5.97 Å². The first-order valence-corrected chi connectivity index (χ1v) is 5.14. The van der Waals surface area contributed by atoms with Gasteiger partial charge in [-0.1, -0.05) is 6.42 Å². The van der Waals surface area contributed by atoms with Crippen LogP contribution in [0.1, 0.15) is 39.0 Å². The van der Waals surface area contributed by atoms with Gasteiger partial charge in [0.25, 0.3) is 0 Å². The molecule has 0 bridgehead atoms. The Labute approximate surface area is 85.1 Å². The molecule has 1 rings (SSSR count). The Kier molecular flexibility index (Phi) is 4.50. The summed E-state index contributed by atoms with van der Waals surface area (Å²) >= 11 is 0. The van der Waals surface area contributed by atoms with Crippen molar-refractivity contribution in [3.8, 4) is 0 Å². The van der Waals surface area contributed by atoms with Gasteiger partial charge in [0.15, 0.2) is 0 Å². The van der Waals surface area contributed by atoms with Crippen molar-refractivity contribution in [2.45, 2.75) is 45.1 Å². The molecule has 1 aliphatic carbocycles. The zero-order valence-corrected chi connectivity index (χ0v) is 8.91. The quantitative estimate of drug-likeness (QED) is 0.397. The summed E-state index contributed by atoms with van der Waals surface area (Å²) in [5.41, 5.74) is 0.526. The Morgan fingerprint density at radius 1 is 1.29 bits per heavy atom. The molecule has 1 saturated carbocycles. The van der Waals surface area contributed by atoms with Crippen molar-refractivity contribution in [1.82, 2.24) is 0 Å². The highest BCUT2D eigenvalue weighted by Gasteiger charge is 2.13. The lowest BCUT2D eigenvalue weighted by molar-refractivity contribution is -0.136. The predicted octanol–water partition coefficient (Wildman–Crippen LogP) is 2.41. The minimum Gasteiger partial charge on any atom is -0.497 e. The third-order valence-electron chi connectivity index (χ3n) is 2.50. The van der Waals surface area contributed by atoms with Gasteiger partial charge in [0.1, 0.15) is 0 Å². The monoisotopic (exact) mass is 198 g/mol. The summed E-state index contributed by atoms with van der Waals surface area (Å²) in [4.78, 5) is 11.0. The molecule has 0 heterocycles. The van der Waals surface area contributed by atoms with Gasteiger partial charge in [-0.2, -0.15) is 0 Å². The fraction of sp³-hybridized carbons (Fsp3) is 0.727. The van der Waals surface area contributed by atoms with Gasteiger partial charge in [-0.15, -0.1) is 0 Å². The van der Waals surface area contributed by atoms with Crippen molar-refractivity contribution >= 4 is 5.97 Å². The number of carbonyl (C=O) groups excluding carboxylic acids is 1. The second-order valence-corrected chi connectivity index (χ2v) is 3.69. The second-order valence-electron chi connectivity index (χ2n) is 3.69. The van der Waals surface area contributed by atoms with Crippen molar-refractivity contribution in [2.24, 2.45) is 0 Å². The maximum atomic E-state index is 11.0. The lowest BCUT2D eigenvalue weighted by atomic mass is 9.98. The minimum atomic E-state index is -0.319. The molecule has 0 amide bonds. The maximum absolute atomic E-state index is 11.0. The summed E-state index contributed by atoms with van der Waals surface area (Å²) in [5.74, 6) is -0.319. The smallest absolute Gasteiger partial charge is 0.336 e. The summed E-state index contributed by atoms with van der Waals surface area (Å²) in [6.45, 7) is 1.70. The third kappa shape index (κ3) is 3.40. The molecule has 0 aromatic carbocycles. The fourth-order valence-corrected chi connectivity index (χ4v) is 1.61. The van der Waals surface area contributed by atoms with Crippen molar-refractivity contribution in [3.05, 3.63) is 11.8 Å². The largest absolute Gasteiger partial charge is 0.497 e. The van der Waals surface area contributed by atoms with Gasteiger partial charge in [-0.05, 0) is 32.6 Å². The number of hydrogen-bond donors (Lipinski definition) is 0. The highest BCUT2D eigenvalue weighted by molar-refractivity contribution is 5.87. The van der Waals surface area contributed by atoms with Gasteiger partial charge in [0, 0.05) is 0 Å². The van der Waals surface area contributed by atoms with Crippen LogP contribution in [0.5, 0.6) is 0 Å². The molecule has 0 saturated heterocycles. The van der Waals surface area contributed by atoms with Crippen molar-refractivity contribution in [2.75, 3.05) is 7.11 Å². The van der Waals surface area contributed by atoms with Crippen LogP contribution in [-0.2, 0) is 14.3 Å². The van der Waals surface area contributed by atoms with E-state index in [1.807, 2.05) is 0 Å². The van der Waals surface area contributed by atoms with Crippen LogP contribution in [0.25, 0.3) is 0 Å². The van der Waals surface area contributed by atoms with E-state index < -0.39 is 0 Å². The fourth-order valence-electron chi connectivity index (χ4n) is 1.61. The van der Waals surface area contributed by atoms with Gasteiger partial charge in [-0.25, -0.2) is 4.79 Å². The number of ether oxygens (including phenoxy) is 2. The number of rotatable bonds is 3. The average Bonchev–Trinajstić information content (AvgIpc) is 2.26. The molecule has 1 aliphatic rings. The maximum Gasteiger partial charge on any atom is 0.336 e. The molecule has 0 aliphatic heterocycles. The van der Waals surface area contributed by atoms with Gasteiger partial charge in [0.2, 0.25) is 0 Å². The highest BCUT2D eigenvalue weighted by Crippen LogP contribution is 2.20. The minimum absolute atomic E-state index is 0.295. The molecule has 3 nitrogen and oxygen atoms in total. The van der Waals surface area contributed by atoms with E-state index in [1.165, 1.54) is 32.6 Å². The molecule has 0 spiro atoms. The van der Waals surface area contributed by atoms with Gasteiger partial charge < -0.3 is 9.47 Å². The number of methoxy groups -OCH3 is 1. The molecule has 0 aromatic rings. The topological polar surface area (TPSA) is 35.5 Å². The number of carbonyl (C=O) groups is 1. The van der Waals surface area contributed by atoms with Crippen LogP contribution in [0.4, 0.5) is 0 Å². The molecule has 1 fully saturated rings. The van der Waals surface area contributed by atoms with Crippen LogP contribution >= 0.6 is 0 Å². The first kappa shape index (κ1) is 11.1. The van der Waals surface area contributed by atoms with E-state index in [2.05, 4.69) is 4.74 Å². The average molecular weight is 198 g/mol. The molecule has 80 valence electrons. The van der Waals surface area contributed by atoms with Crippen LogP contribution in [0.15, 0.2) is 11.8 Å². The number of hydrogen-bond acceptors (Lipinski definition) is 3. The van der Waals surface area contributed by atoms with E-state index in [9.17, 15) is 4.79 Å². The summed E-state index contributed by atoms with van der Waals surface area (Å²) in [6.07, 6.45) is 7.80. The summed E-state index contributed by atoms with van der Waals surface area (Å²) < 4.78 is 10.1. The summed E-state index contributed by atoms with van der Waals surface area (Å²) in [7, 11) is 1.38. The molecule has 0 unspecified atom stereocenters. The van der Waals surface area contributed by atoms with E-state index in [0.29, 0.717) is 11.7 Å². The molecular weight excluding hydrogens is 180 g/mol. The van der Waals surface area contributed by atoms with Crippen LogP contribution in [-0.4, -0.2) is 19.2 Å². The third-order valence-corrected chi connectivity index (χ3v) is 2.50. The first-order chi connectivity index (χ1) is 6.74. The van der Waals surface area contributed by atoms with Crippen molar-refractivity contribution in [1.29, 1.82) is 0 Å². The van der Waals surface area contributed by atoms with E-state index in [4.69, 9.17) is 4.74 Å². The summed E-state index contributed by atoms with van der Waals surface area (Å²) in [5, 5.41) is 0. The zero-order chi connectivity index (χ0) is 10.4. The molecular formula is C11H18O3. The molecule has 0 N–H and O–H groups in total. The predicted molar refractivity (Wildman–Crippen MR) is 53.7 cm³/mol. The Morgan fingerprint density at radius 3 is 2.50 bits per heavy atom. The Morgan fingerprint density at radius 2 is 1.93 bits per heavy atom. The first-order valence-electron chi connectivity index (χ1n) is 5.14. The van der Waals surface area contributed by atoms with Crippen LogP contribution in [0.2, 0.25) is 0 Å². The normalized spacial score (nSPS) is 19.1. The standard InChI is InChI=1S/C11H18O3/c1-9(11(12)13-2)8-14-10-6-4-3-5-7-10/h8,10H,3-7H2,1-2H3/b9-8+. The van der Waals surface area contributed by atoms with Crippen LogP contribution < -0.4 is 0 Å². The van der Waals surface area contributed by atoms with Crippen LogP contribution in [0.3, 0.4) is 0 Å². The van der Waals surface area contributed by atoms with Gasteiger partial charge in [-0.3, -0.25) is 0 Å². The second kappa shape index (κ2) is 5.68. The molecule has 0 aromatic heterocycles. The zero-order valence-electron chi connectivity index (χ0n) is 8.91. The number of esters is 1. The van der Waals surface area contributed by atoms with E-state index in [0.717, 1.165) is 12.8 Å². The Bertz CT molecular complexity index is 215. The van der Waals surface area contributed by atoms with Crippen molar-refractivity contribution < 1.29 is 14.3 Å². The molecule has 0 atom stereocenters.